The Morgan fingerprint density at radius 2 is 1.74 bits per heavy atom. The van der Waals surface area contributed by atoms with Gasteiger partial charge in [-0.2, -0.15) is 0 Å². The SMILES string of the molecule is CN1C2CCC1CN(CC(N)C1CCCCC1)CC2. The molecule has 2 bridgehead atoms. The quantitative estimate of drug-likeness (QED) is 0.848. The fourth-order valence-corrected chi connectivity index (χ4v) is 4.55. The van der Waals surface area contributed by atoms with Crippen LogP contribution in [0.4, 0.5) is 0 Å². The second-order valence-electron chi connectivity index (χ2n) is 7.16. The number of likely N-dealkylation sites (tertiary alicyclic amines) is 1. The van der Waals surface area contributed by atoms with Gasteiger partial charge in [0.05, 0.1) is 0 Å². The monoisotopic (exact) mass is 265 g/mol. The summed E-state index contributed by atoms with van der Waals surface area (Å²) in [7, 11) is 2.33. The average molecular weight is 265 g/mol. The second-order valence-corrected chi connectivity index (χ2v) is 7.16. The molecule has 3 fully saturated rings. The lowest BCUT2D eigenvalue weighted by Gasteiger charge is -2.33. The molecule has 1 saturated carbocycles. The fourth-order valence-electron chi connectivity index (χ4n) is 4.55. The highest BCUT2D eigenvalue weighted by molar-refractivity contribution is 4.92. The van der Waals surface area contributed by atoms with E-state index >= 15 is 0 Å². The van der Waals surface area contributed by atoms with Crippen LogP contribution in [0.1, 0.15) is 51.4 Å². The minimum atomic E-state index is 0.419. The lowest BCUT2D eigenvalue weighted by molar-refractivity contribution is 0.185. The highest BCUT2D eigenvalue weighted by atomic mass is 15.3. The van der Waals surface area contributed by atoms with Gasteiger partial charge in [0.2, 0.25) is 0 Å². The van der Waals surface area contributed by atoms with E-state index in [4.69, 9.17) is 5.73 Å². The first-order valence-corrected chi connectivity index (χ1v) is 8.44. The van der Waals surface area contributed by atoms with Gasteiger partial charge in [0.15, 0.2) is 0 Å². The predicted octanol–water partition coefficient (Wildman–Crippen LogP) is 2.06. The summed E-state index contributed by atoms with van der Waals surface area (Å²) in [5.41, 5.74) is 6.51. The molecule has 2 heterocycles. The van der Waals surface area contributed by atoms with Crippen LogP contribution in [0.2, 0.25) is 0 Å². The molecule has 0 radical (unpaired) electrons. The third-order valence-electron chi connectivity index (χ3n) is 5.96. The Kier molecular flexibility index (Phi) is 4.45. The molecule has 0 amide bonds. The van der Waals surface area contributed by atoms with Gasteiger partial charge in [-0.3, -0.25) is 4.90 Å². The molecule has 0 aromatic rings. The highest BCUT2D eigenvalue weighted by Gasteiger charge is 2.35. The molecule has 3 heteroatoms. The maximum atomic E-state index is 6.51. The Balaban J connectivity index is 1.52. The van der Waals surface area contributed by atoms with Gasteiger partial charge in [-0.1, -0.05) is 19.3 Å². The molecule has 2 aliphatic heterocycles. The minimum absolute atomic E-state index is 0.419. The van der Waals surface area contributed by atoms with Crippen LogP contribution < -0.4 is 5.73 Å². The van der Waals surface area contributed by atoms with Crippen molar-refractivity contribution in [3.05, 3.63) is 0 Å². The van der Waals surface area contributed by atoms with E-state index in [2.05, 4.69) is 16.8 Å². The van der Waals surface area contributed by atoms with E-state index in [1.165, 1.54) is 64.5 Å². The summed E-state index contributed by atoms with van der Waals surface area (Å²) in [6, 6.07) is 2.06. The van der Waals surface area contributed by atoms with Gasteiger partial charge >= 0.3 is 0 Å². The van der Waals surface area contributed by atoms with Crippen molar-refractivity contribution < 1.29 is 0 Å². The summed E-state index contributed by atoms with van der Waals surface area (Å²) < 4.78 is 0. The number of nitrogens with zero attached hydrogens (tertiary/aromatic N) is 2. The summed E-state index contributed by atoms with van der Waals surface area (Å²) in [6.45, 7) is 3.67. The van der Waals surface area contributed by atoms with Crippen molar-refractivity contribution in [3.8, 4) is 0 Å². The Morgan fingerprint density at radius 1 is 1.00 bits per heavy atom. The van der Waals surface area contributed by atoms with Crippen LogP contribution in [0.5, 0.6) is 0 Å². The fraction of sp³-hybridized carbons (Fsp3) is 1.00. The van der Waals surface area contributed by atoms with Gasteiger partial charge in [0, 0.05) is 31.2 Å². The predicted molar refractivity (Wildman–Crippen MR) is 80.2 cm³/mol. The van der Waals surface area contributed by atoms with Crippen LogP contribution in [0, 0.1) is 5.92 Å². The Labute approximate surface area is 118 Å². The van der Waals surface area contributed by atoms with Crippen molar-refractivity contribution in [3.63, 3.8) is 0 Å². The molecule has 3 aliphatic rings. The van der Waals surface area contributed by atoms with Crippen molar-refractivity contribution in [2.24, 2.45) is 11.7 Å². The van der Waals surface area contributed by atoms with Crippen LogP contribution in [0.15, 0.2) is 0 Å². The zero-order valence-corrected chi connectivity index (χ0v) is 12.6. The largest absolute Gasteiger partial charge is 0.326 e. The Hall–Kier alpha value is -0.120. The van der Waals surface area contributed by atoms with E-state index in [-0.39, 0.29) is 0 Å². The van der Waals surface area contributed by atoms with E-state index in [9.17, 15) is 0 Å². The normalized spacial score (nSPS) is 36.3. The van der Waals surface area contributed by atoms with E-state index in [0.717, 1.165) is 24.5 Å². The van der Waals surface area contributed by atoms with Gasteiger partial charge in [0.25, 0.3) is 0 Å². The molecule has 2 N–H and O–H groups in total. The molecule has 2 saturated heterocycles. The number of hydrogen-bond acceptors (Lipinski definition) is 3. The van der Waals surface area contributed by atoms with Gasteiger partial charge in [-0.15, -0.1) is 0 Å². The van der Waals surface area contributed by atoms with E-state index in [1.54, 1.807) is 0 Å². The van der Waals surface area contributed by atoms with Gasteiger partial charge in [-0.25, -0.2) is 0 Å². The van der Waals surface area contributed by atoms with Crippen molar-refractivity contribution in [2.45, 2.75) is 69.5 Å². The van der Waals surface area contributed by atoms with Crippen molar-refractivity contribution >= 4 is 0 Å². The molecule has 19 heavy (non-hydrogen) atoms. The van der Waals surface area contributed by atoms with Gasteiger partial charge in [0.1, 0.15) is 0 Å². The van der Waals surface area contributed by atoms with Gasteiger partial charge < -0.3 is 10.6 Å². The third-order valence-corrected chi connectivity index (χ3v) is 5.96. The zero-order valence-electron chi connectivity index (χ0n) is 12.6. The maximum absolute atomic E-state index is 6.51. The van der Waals surface area contributed by atoms with Crippen LogP contribution in [0.3, 0.4) is 0 Å². The van der Waals surface area contributed by atoms with Crippen LogP contribution in [-0.2, 0) is 0 Å². The summed E-state index contributed by atoms with van der Waals surface area (Å²) in [5, 5.41) is 0. The molecule has 110 valence electrons. The topological polar surface area (TPSA) is 32.5 Å². The Morgan fingerprint density at radius 3 is 2.53 bits per heavy atom. The molecular weight excluding hydrogens is 234 g/mol. The summed E-state index contributed by atoms with van der Waals surface area (Å²) in [4.78, 5) is 5.30. The molecule has 3 unspecified atom stereocenters. The first-order valence-electron chi connectivity index (χ1n) is 8.44. The smallest absolute Gasteiger partial charge is 0.0223 e. The first-order chi connectivity index (χ1) is 9.24. The molecule has 0 spiro atoms. The van der Waals surface area contributed by atoms with Crippen molar-refractivity contribution in [1.82, 2.24) is 9.80 Å². The molecule has 3 nitrogen and oxygen atoms in total. The van der Waals surface area contributed by atoms with Crippen molar-refractivity contribution in [1.29, 1.82) is 0 Å². The average Bonchev–Trinajstić information content (AvgIpc) is 2.68. The molecule has 0 aromatic carbocycles. The van der Waals surface area contributed by atoms with Crippen LogP contribution in [0.25, 0.3) is 0 Å². The lowest BCUT2D eigenvalue weighted by atomic mass is 9.84. The number of nitrogens with two attached hydrogens (primary N) is 1. The number of rotatable bonds is 3. The summed E-state index contributed by atoms with van der Waals surface area (Å²) >= 11 is 0. The van der Waals surface area contributed by atoms with E-state index < -0.39 is 0 Å². The molecule has 1 aliphatic carbocycles. The molecule has 3 atom stereocenters. The molecule has 3 rings (SSSR count). The third kappa shape index (κ3) is 3.14. The first kappa shape index (κ1) is 13.8. The number of fused-ring (bicyclic) bond motifs is 2. The second kappa shape index (κ2) is 6.11. The van der Waals surface area contributed by atoms with Crippen molar-refractivity contribution in [2.75, 3.05) is 26.7 Å². The van der Waals surface area contributed by atoms with E-state index in [1.807, 2.05) is 0 Å². The molecule has 0 aromatic heterocycles. The maximum Gasteiger partial charge on any atom is 0.0223 e. The summed E-state index contributed by atoms with van der Waals surface area (Å²) in [6.07, 6.45) is 11.2. The highest BCUT2D eigenvalue weighted by Crippen LogP contribution is 2.30. The zero-order chi connectivity index (χ0) is 13.2. The number of likely N-dealkylation sites (N-methyl/N-ethyl adjacent to an activating group) is 1. The standard InChI is InChI=1S/C16H31N3/c1-18-14-7-8-15(18)11-19(10-9-14)12-16(17)13-5-3-2-4-6-13/h13-16H,2-12,17H2,1H3. The van der Waals surface area contributed by atoms with E-state index in [0.29, 0.717) is 6.04 Å². The Bertz CT molecular complexity index is 288. The van der Waals surface area contributed by atoms with Gasteiger partial charge in [-0.05, 0) is 51.6 Å². The lowest BCUT2D eigenvalue weighted by Crippen LogP contribution is -2.45. The summed E-state index contributed by atoms with van der Waals surface area (Å²) in [5.74, 6) is 0.798. The minimum Gasteiger partial charge on any atom is -0.326 e. The van der Waals surface area contributed by atoms with Crippen LogP contribution >= 0.6 is 0 Å². The van der Waals surface area contributed by atoms with Crippen LogP contribution in [-0.4, -0.2) is 54.6 Å². The number of hydrogen-bond donors (Lipinski definition) is 1. The molecular formula is C16H31N3.